The summed E-state index contributed by atoms with van der Waals surface area (Å²) in [5.74, 6) is -1.38. The molecule has 124 heavy (non-hydrogen) atoms. The zero-order chi connectivity index (χ0) is 89.2. The summed E-state index contributed by atoms with van der Waals surface area (Å²) in [7, 11) is 15.7. The van der Waals surface area contributed by atoms with Crippen LogP contribution >= 0.6 is 15.9 Å². The predicted molar refractivity (Wildman–Crippen MR) is 475 cm³/mol. The van der Waals surface area contributed by atoms with Crippen LogP contribution in [-0.2, 0) is 9.47 Å². The van der Waals surface area contributed by atoms with Gasteiger partial charge in [-0.25, -0.2) is 47.1 Å². The number of carbonyl (C=O) groups is 2. The molecule has 4 atom stereocenters. The lowest BCUT2D eigenvalue weighted by Gasteiger charge is -2.28. The molecule has 12 aromatic rings. The molecule has 0 radical (unpaired) electrons. The fourth-order valence-electron chi connectivity index (χ4n) is 14.7. The fourth-order valence-corrected chi connectivity index (χ4v) is 15.1. The van der Waals surface area contributed by atoms with Gasteiger partial charge < -0.3 is 68.5 Å². The second-order valence-electron chi connectivity index (χ2n) is 32.5. The number of likely N-dealkylation sites (tertiary alicyclic amines) is 3. The molecule has 4 aromatic carbocycles. The average Bonchev–Trinajstić information content (AvgIpc) is 1.03. The third kappa shape index (κ3) is 22.1. The minimum atomic E-state index is -0.538. The van der Waals surface area contributed by atoms with E-state index < -0.39 is 34.5 Å². The highest BCUT2D eigenvalue weighted by Crippen LogP contribution is 2.32. The van der Waals surface area contributed by atoms with E-state index in [9.17, 15) is 46.3 Å². The van der Waals surface area contributed by atoms with Crippen molar-refractivity contribution in [2.24, 2.45) is 0 Å². The first kappa shape index (κ1) is 90.8. The van der Waals surface area contributed by atoms with Gasteiger partial charge in [-0.3, -0.25) is 36.8 Å². The summed E-state index contributed by atoms with van der Waals surface area (Å²) in [5, 5.41) is 6.51. The van der Waals surface area contributed by atoms with Crippen molar-refractivity contribution in [3.8, 4) is 68.0 Å². The Hall–Kier alpha value is -12.5. The molecule has 0 bridgehead atoms. The maximum atomic E-state index is 14.1. The van der Waals surface area contributed by atoms with E-state index in [0.717, 1.165) is 86.5 Å². The van der Waals surface area contributed by atoms with E-state index in [2.05, 4.69) is 80.2 Å². The Balaban J connectivity index is 0.000000145. The Morgan fingerprint density at radius 2 is 0.766 bits per heavy atom. The molecule has 0 unspecified atom stereocenters. The summed E-state index contributed by atoms with van der Waals surface area (Å²) < 4.78 is 93.1. The number of nitrogens with one attached hydrogen (secondary N) is 2. The van der Waals surface area contributed by atoms with Gasteiger partial charge in [0.15, 0.2) is 46.3 Å². The van der Waals surface area contributed by atoms with Crippen molar-refractivity contribution in [1.82, 2.24) is 62.9 Å². The van der Waals surface area contributed by atoms with Gasteiger partial charge in [-0.2, -0.15) is 0 Å². The molecule has 0 aliphatic carbocycles. The van der Waals surface area contributed by atoms with Crippen molar-refractivity contribution in [3.63, 3.8) is 0 Å². The topological polar surface area (TPSA) is 270 Å². The second-order valence-corrected chi connectivity index (χ2v) is 33.4. The molecule has 4 saturated heterocycles. The van der Waals surface area contributed by atoms with E-state index in [0.29, 0.717) is 98.8 Å². The summed E-state index contributed by atoms with van der Waals surface area (Å²) in [4.78, 5) is 105. The second kappa shape index (κ2) is 39.4. The van der Waals surface area contributed by atoms with Crippen LogP contribution in [0.5, 0.6) is 23.0 Å². The zero-order valence-electron chi connectivity index (χ0n) is 72.0. The van der Waals surface area contributed by atoms with Crippen molar-refractivity contribution < 1.29 is 55.6 Å². The van der Waals surface area contributed by atoms with E-state index >= 15 is 0 Å². The van der Waals surface area contributed by atoms with Crippen LogP contribution in [0.25, 0.3) is 67.6 Å². The molecular weight excluding hydrogens is 1660 g/mol. The highest BCUT2D eigenvalue weighted by molar-refractivity contribution is 9.10. The number of benzene rings is 4. The van der Waals surface area contributed by atoms with Crippen LogP contribution in [0, 0.1) is 23.3 Å². The number of anilines is 3. The first-order valence-corrected chi connectivity index (χ1v) is 41.2. The minimum absolute atomic E-state index is 0.0928. The van der Waals surface area contributed by atoms with Gasteiger partial charge in [-0.15, -0.1) is 0 Å². The smallest absolute Gasteiger partial charge is 0.410 e. The molecule has 28 nitrogen and oxygen atoms in total. The minimum Gasteiger partial charge on any atom is -0.494 e. The first-order valence-electron chi connectivity index (χ1n) is 40.4. The normalized spacial score (nSPS) is 16.3. The average molecular weight is 1770 g/mol. The van der Waals surface area contributed by atoms with E-state index in [1.807, 2.05) is 99.2 Å². The molecule has 2 N–H and O–H groups in total. The van der Waals surface area contributed by atoms with Crippen LogP contribution in [0.1, 0.15) is 67.2 Å². The fraction of sp³-hybridized carbons (Fsp3) is 0.363. The molecule has 654 valence electrons. The third-order valence-corrected chi connectivity index (χ3v) is 22.1. The number of methoxy groups -OCH3 is 4. The molecule has 4 aliphatic rings. The van der Waals surface area contributed by atoms with Gasteiger partial charge in [0.05, 0.1) is 68.3 Å². The number of ether oxygens (including phenoxy) is 6. The van der Waals surface area contributed by atoms with Crippen LogP contribution in [0.2, 0.25) is 0 Å². The van der Waals surface area contributed by atoms with Crippen LogP contribution in [0.3, 0.4) is 0 Å². The molecule has 8 aromatic heterocycles. The van der Waals surface area contributed by atoms with Crippen molar-refractivity contribution in [2.75, 3.05) is 131 Å². The Morgan fingerprint density at radius 1 is 0.435 bits per heavy atom. The summed E-state index contributed by atoms with van der Waals surface area (Å²) in [6, 6.07) is 39.7. The Kier molecular flexibility index (Phi) is 28.8. The Bertz CT molecular complexity index is 6140. The Morgan fingerprint density at radius 3 is 1.08 bits per heavy atom. The molecule has 0 spiro atoms. The molecule has 4 aliphatic heterocycles. The highest BCUT2D eigenvalue weighted by atomic mass is 79.9. The van der Waals surface area contributed by atoms with Gasteiger partial charge in [-0.1, -0.05) is 0 Å². The number of fused-ring (bicyclic) bond motifs is 4. The van der Waals surface area contributed by atoms with Crippen molar-refractivity contribution in [3.05, 3.63) is 240 Å². The number of carbonyl (C=O) groups excluding carboxylic acids is 2. The molecule has 2 amide bonds. The van der Waals surface area contributed by atoms with Crippen LogP contribution in [0.4, 0.5) is 44.2 Å². The van der Waals surface area contributed by atoms with Gasteiger partial charge in [0.1, 0.15) is 33.8 Å². The maximum Gasteiger partial charge on any atom is 0.410 e. The van der Waals surface area contributed by atoms with Gasteiger partial charge in [0.2, 0.25) is 0 Å². The van der Waals surface area contributed by atoms with Gasteiger partial charge in [-0.05, 0) is 232 Å². The van der Waals surface area contributed by atoms with Crippen molar-refractivity contribution in [2.45, 2.75) is 103 Å². The van der Waals surface area contributed by atoms with E-state index in [1.165, 1.54) is 119 Å². The number of hydrogen-bond acceptors (Lipinski definition) is 22. The van der Waals surface area contributed by atoms with Crippen molar-refractivity contribution in [1.29, 1.82) is 0 Å². The van der Waals surface area contributed by atoms with Gasteiger partial charge in [0.25, 0.3) is 22.2 Å². The van der Waals surface area contributed by atoms with Crippen LogP contribution < -0.4 is 66.5 Å². The van der Waals surface area contributed by atoms with Crippen LogP contribution in [0.15, 0.2) is 194 Å². The number of hydrogen-bond donors (Lipinski definition) is 2. The Labute approximate surface area is 723 Å². The summed E-state index contributed by atoms with van der Waals surface area (Å²) in [5.41, 5.74) is 6.69. The highest BCUT2D eigenvalue weighted by Gasteiger charge is 2.34. The maximum absolute atomic E-state index is 14.1. The molecule has 33 heteroatoms. The van der Waals surface area contributed by atoms with Gasteiger partial charge >= 0.3 is 12.2 Å². The first-order chi connectivity index (χ1) is 59.1. The van der Waals surface area contributed by atoms with Gasteiger partial charge in [0, 0.05) is 160 Å². The lowest BCUT2D eigenvalue weighted by molar-refractivity contribution is 0.0281. The predicted octanol–water partition coefficient (Wildman–Crippen LogP) is 13.4. The summed E-state index contributed by atoms with van der Waals surface area (Å²) in [6.07, 6.45) is 10.5. The lowest BCUT2D eigenvalue weighted by Crippen LogP contribution is -2.39. The number of rotatable bonds is 15. The number of nitrogens with zero attached hydrogens (tertiary/aromatic N) is 14. The number of amides is 2. The van der Waals surface area contributed by atoms with E-state index in [4.69, 9.17) is 28.4 Å². The standard InChI is InChI=1S/C25H29FN4O4.C21H23FN4O2.C20H21FN4O2.C15H10BrFN2O2.C10H20N2O2/c1-25(2,3)34-24(32)29-11-10-18(14-29)28(4)17-7-9-22-27-20(13-23(31)30(22)15-17)16-6-8-21(33-5)19(26)12-16;1-24-9-8-16(12-24)25(2)15-5-7-20-23-18(11-21(27)26(20)13-15)14-4-6-19(28-3)17(22)10-14;1-24(14-7-8-22-11-14)15-4-6-19-23-17(10-20(26)25(19)12-15)13-3-5-18(27-2)16(21)9-13;1-21-13-4-2-9(6-11(13)17)12-7-15(20)19-8-10(16)3-5-14(19)18-12;1-10(2,3)14-9(13)12-6-5-8(7-12)11-4/h6-9,12-13,15,18H,10-11,14H2,1-5H3;4-7,10-11,13,16H,8-9,12H2,1-3H3;3-6,9-10,12,14,22H,7-8,11H2,1-2H3;2-8H,1H3;8,11H,5-7H2,1-4H3/t18-;16-;14-;;8-/m111.1/s1. The number of aromatic nitrogens is 8. The molecule has 16 rings (SSSR count). The molecule has 4 fully saturated rings. The quantitative estimate of drug-likeness (QED) is 0.0903. The lowest BCUT2D eigenvalue weighted by atomic mass is 10.1. The molecule has 12 heterocycles. The summed E-state index contributed by atoms with van der Waals surface area (Å²) >= 11 is 3.30. The van der Waals surface area contributed by atoms with Crippen LogP contribution in [-0.4, -0.2) is 216 Å². The monoisotopic (exact) mass is 1770 g/mol. The van der Waals surface area contributed by atoms with E-state index in [1.54, 1.807) is 70.9 Å². The third-order valence-electron chi connectivity index (χ3n) is 21.7. The molecular formula is C91H103BrF4N16O12. The number of likely N-dealkylation sites (N-methyl/N-ethyl adjacent to an activating group) is 5. The van der Waals surface area contributed by atoms with Crippen molar-refractivity contribution >= 4 is 67.8 Å². The van der Waals surface area contributed by atoms with E-state index in [-0.39, 0.29) is 63.5 Å². The molecule has 0 saturated carbocycles. The summed E-state index contributed by atoms with van der Waals surface area (Å²) in [6.45, 7) is 17.9. The zero-order valence-corrected chi connectivity index (χ0v) is 73.6. The SMILES string of the molecule is CN[C@@H]1CCN(C(=O)OC(C)(C)C)C1.COc1ccc(-c2cc(=O)n3cc(Br)ccc3n2)cc1F.COc1ccc(-c2cc(=O)n3cc(N(C)[C@@H]4CCN(C(=O)OC(C)(C)C)C4)ccc3n2)cc1F.COc1ccc(-c2cc(=O)n3cc(N(C)[C@@H]4CCN(C)C4)ccc3n2)cc1F.COc1ccc(-c2cc(=O)n3cc(N(C)[C@@H]4CCNC4)ccc3n2)cc1F. The number of pyridine rings is 4. The largest absolute Gasteiger partial charge is 0.494 e. The number of halogens is 5.